The smallest absolute Gasteiger partial charge is 0.306 e. The molecule has 0 spiro atoms. The van der Waals surface area contributed by atoms with Gasteiger partial charge in [0.2, 0.25) is 11.8 Å². The Labute approximate surface area is 298 Å². The number of esters is 1. The number of nitrogens with zero attached hydrogens (tertiary/aromatic N) is 2. The van der Waals surface area contributed by atoms with Gasteiger partial charge in [0.05, 0.1) is 26.5 Å². The van der Waals surface area contributed by atoms with E-state index < -0.39 is 12.0 Å². The van der Waals surface area contributed by atoms with Crippen molar-refractivity contribution in [3.05, 3.63) is 107 Å². The summed E-state index contributed by atoms with van der Waals surface area (Å²) in [6.45, 7) is 1.03. The fourth-order valence-corrected chi connectivity index (χ4v) is 5.42. The Balaban J connectivity index is 1.31. The lowest BCUT2D eigenvalue weighted by molar-refractivity contribution is -0.152. The van der Waals surface area contributed by atoms with E-state index in [0.29, 0.717) is 55.9 Å². The first-order valence-electron chi connectivity index (χ1n) is 17.2. The highest BCUT2D eigenvalue weighted by Gasteiger charge is 2.24. The molecule has 3 aromatic carbocycles. The van der Waals surface area contributed by atoms with Gasteiger partial charge in [-0.15, -0.1) is 0 Å². The highest BCUT2D eigenvalue weighted by atomic mass is 16.5. The minimum atomic E-state index is -0.582. The van der Waals surface area contributed by atoms with E-state index in [1.54, 1.807) is 28.6 Å². The molecule has 1 heterocycles. The number of hydroxylamine groups is 1. The van der Waals surface area contributed by atoms with Crippen LogP contribution in [0.25, 0.3) is 0 Å². The summed E-state index contributed by atoms with van der Waals surface area (Å²) in [5.74, 6) is -0.203. The molecule has 0 aliphatic carbocycles. The summed E-state index contributed by atoms with van der Waals surface area (Å²) in [7, 11) is 1.50. The molecule has 0 radical (unpaired) electrons. The van der Waals surface area contributed by atoms with Gasteiger partial charge in [-0.05, 0) is 60.6 Å². The third-order valence-electron chi connectivity index (χ3n) is 8.23. The second-order valence-corrected chi connectivity index (χ2v) is 12.1. The maximum atomic E-state index is 13.3. The van der Waals surface area contributed by atoms with Crippen LogP contribution in [-0.4, -0.2) is 60.3 Å². The van der Waals surface area contributed by atoms with Crippen LogP contribution in [-0.2, 0) is 25.7 Å². The minimum Gasteiger partial charge on any atom is -0.493 e. The summed E-state index contributed by atoms with van der Waals surface area (Å²) < 4.78 is 17.1. The fourth-order valence-electron chi connectivity index (χ4n) is 5.42. The molecule has 12 nitrogen and oxygen atoms in total. The zero-order valence-corrected chi connectivity index (χ0v) is 28.9. The van der Waals surface area contributed by atoms with Crippen molar-refractivity contribution in [2.24, 2.45) is 5.10 Å². The van der Waals surface area contributed by atoms with Gasteiger partial charge in [0.1, 0.15) is 6.10 Å². The van der Waals surface area contributed by atoms with Gasteiger partial charge < -0.3 is 19.1 Å². The Morgan fingerprint density at radius 3 is 2.43 bits per heavy atom. The SMILES string of the molecule is COc1cc(C(=O)N/N=C/c2ccc(CN3C[C@@H](c4ccccc4)OC(=O)CC/C=C/CCC3=O)cc2)ccc1OCCCCCCC(=O)NO. The Bertz CT molecular complexity index is 1640. The summed E-state index contributed by atoms with van der Waals surface area (Å²) in [5.41, 5.74) is 6.99. The molecule has 3 amide bonds. The van der Waals surface area contributed by atoms with Crippen LogP contribution in [0.15, 0.2) is 90.0 Å². The average molecular weight is 699 g/mol. The van der Waals surface area contributed by atoms with Gasteiger partial charge in [-0.1, -0.05) is 79.6 Å². The molecule has 4 rings (SSSR count). The number of benzene rings is 3. The molecule has 1 aliphatic rings. The molecular weight excluding hydrogens is 652 g/mol. The number of hydrogen-bond acceptors (Lipinski definition) is 9. The van der Waals surface area contributed by atoms with Gasteiger partial charge >= 0.3 is 5.97 Å². The minimum absolute atomic E-state index is 0.0270. The van der Waals surface area contributed by atoms with E-state index in [9.17, 15) is 19.2 Å². The molecule has 51 heavy (non-hydrogen) atoms. The van der Waals surface area contributed by atoms with Crippen molar-refractivity contribution in [1.82, 2.24) is 15.8 Å². The van der Waals surface area contributed by atoms with Crippen molar-refractivity contribution in [1.29, 1.82) is 0 Å². The van der Waals surface area contributed by atoms with Gasteiger partial charge in [0.15, 0.2) is 11.5 Å². The highest BCUT2D eigenvalue weighted by Crippen LogP contribution is 2.28. The number of methoxy groups -OCH3 is 1. The van der Waals surface area contributed by atoms with Crippen molar-refractivity contribution >= 4 is 29.9 Å². The first kappa shape index (κ1) is 38.3. The first-order chi connectivity index (χ1) is 24.9. The number of carbonyl (C=O) groups is 4. The lowest BCUT2D eigenvalue weighted by atomic mass is 10.1. The van der Waals surface area contributed by atoms with E-state index in [1.165, 1.54) is 13.3 Å². The van der Waals surface area contributed by atoms with Crippen LogP contribution >= 0.6 is 0 Å². The lowest BCUT2D eigenvalue weighted by Gasteiger charge is -2.28. The number of allylic oxidation sites excluding steroid dienone is 2. The van der Waals surface area contributed by atoms with Gasteiger partial charge in [0, 0.05) is 31.4 Å². The van der Waals surface area contributed by atoms with E-state index in [0.717, 1.165) is 36.0 Å². The summed E-state index contributed by atoms with van der Waals surface area (Å²) >= 11 is 0. The summed E-state index contributed by atoms with van der Waals surface area (Å²) in [5, 5.41) is 12.6. The molecule has 0 saturated heterocycles. The van der Waals surface area contributed by atoms with E-state index in [-0.39, 0.29) is 37.2 Å². The van der Waals surface area contributed by atoms with E-state index in [1.807, 2.05) is 66.7 Å². The number of amides is 3. The van der Waals surface area contributed by atoms with Crippen molar-refractivity contribution in [3.63, 3.8) is 0 Å². The van der Waals surface area contributed by atoms with Crippen molar-refractivity contribution in [2.75, 3.05) is 20.3 Å². The largest absolute Gasteiger partial charge is 0.493 e. The van der Waals surface area contributed by atoms with Crippen LogP contribution in [0.1, 0.15) is 90.9 Å². The number of hydrazone groups is 1. The number of rotatable bonds is 15. The molecule has 12 heteroatoms. The maximum Gasteiger partial charge on any atom is 0.306 e. The molecule has 3 aromatic rings. The van der Waals surface area contributed by atoms with E-state index >= 15 is 0 Å². The molecule has 270 valence electrons. The predicted octanol–water partition coefficient (Wildman–Crippen LogP) is 6.04. The highest BCUT2D eigenvalue weighted by molar-refractivity contribution is 5.95. The number of cyclic esters (lactones) is 1. The van der Waals surface area contributed by atoms with E-state index in [2.05, 4.69) is 10.5 Å². The quantitative estimate of drug-likeness (QED) is 0.0434. The third kappa shape index (κ3) is 13.0. The van der Waals surface area contributed by atoms with Crippen LogP contribution < -0.4 is 20.4 Å². The van der Waals surface area contributed by atoms with Crippen molar-refractivity contribution in [3.8, 4) is 11.5 Å². The molecule has 0 saturated carbocycles. The second kappa shape index (κ2) is 20.9. The van der Waals surface area contributed by atoms with Crippen LogP contribution in [0.5, 0.6) is 11.5 Å². The van der Waals surface area contributed by atoms with Crippen LogP contribution in [0, 0.1) is 0 Å². The molecule has 0 bridgehead atoms. The summed E-state index contributed by atoms with van der Waals surface area (Å²) in [6.07, 6.45) is 10.1. The fraction of sp³-hybridized carbons (Fsp3) is 0.359. The number of carbonyl (C=O) groups excluding carboxylic acids is 4. The lowest BCUT2D eigenvalue weighted by Crippen LogP contribution is -2.35. The van der Waals surface area contributed by atoms with Gasteiger partial charge in [-0.2, -0.15) is 5.10 Å². The Kier molecular flexibility index (Phi) is 15.7. The molecule has 0 fully saturated rings. The van der Waals surface area contributed by atoms with Crippen LogP contribution in [0.3, 0.4) is 0 Å². The van der Waals surface area contributed by atoms with Crippen molar-refractivity contribution in [2.45, 2.75) is 70.4 Å². The van der Waals surface area contributed by atoms with Crippen LogP contribution in [0.2, 0.25) is 0 Å². The molecule has 1 atom stereocenters. The molecule has 1 aliphatic heterocycles. The second-order valence-electron chi connectivity index (χ2n) is 12.1. The number of unbranched alkanes of at least 4 members (excludes halogenated alkanes) is 3. The Morgan fingerprint density at radius 1 is 0.941 bits per heavy atom. The summed E-state index contributed by atoms with van der Waals surface area (Å²) in [6, 6.07) is 21.9. The van der Waals surface area contributed by atoms with Crippen molar-refractivity contribution < 1.29 is 38.6 Å². The first-order valence-corrected chi connectivity index (χ1v) is 17.2. The average Bonchev–Trinajstić information content (AvgIpc) is 3.15. The molecular formula is C39H46N4O8. The zero-order chi connectivity index (χ0) is 36.3. The van der Waals surface area contributed by atoms with E-state index in [4.69, 9.17) is 19.4 Å². The Hall–Kier alpha value is -5.49. The maximum absolute atomic E-state index is 13.3. The Morgan fingerprint density at radius 2 is 1.69 bits per heavy atom. The normalized spacial score (nSPS) is 16.0. The molecule has 0 aromatic heterocycles. The molecule has 0 unspecified atom stereocenters. The standard InChI is InChI=1S/C39H46N4O8/c1-49-34-25-32(22-23-33(34)50-24-12-5-4-9-15-36(44)42-48)39(47)41-40-26-29-18-20-30(21-19-29)27-43-28-35(31-13-7-6-8-14-31)51-38(46)17-11-3-2-10-16-37(43)45/h2-3,6-8,13-14,18-23,25-26,35,48H,4-5,9-12,15-17,24,27-28H2,1H3,(H,41,47)(H,42,44)/b3-2+,40-26+/t35-/m0/s1. The summed E-state index contributed by atoms with van der Waals surface area (Å²) in [4.78, 5) is 51.5. The predicted molar refractivity (Wildman–Crippen MR) is 191 cm³/mol. The number of ether oxygens (including phenoxy) is 3. The van der Waals surface area contributed by atoms with Gasteiger partial charge in [0.25, 0.3) is 5.91 Å². The topological polar surface area (TPSA) is 156 Å². The van der Waals surface area contributed by atoms with Gasteiger partial charge in [-0.3, -0.25) is 24.4 Å². The molecule has 3 N–H and O–H groups in total. The van der Waals surface area contributed by atoms with Gasteiger partial charge in [-0.25, -0.2) is 10.9 Å². The third-order valence-corrected chi connectivity index (χ3v) is 8.23. The zero-order valence-electron chi connectivity index (χ0n) is 28.9. The monoisotopic (exact) mass is 698 g/mol. The number of nitrogens with one attached hydrogen (secondary N) is 2. The van der Waals surface area contributed by atoms with Crippen LogP contribution in [0.4, 0.5) is 0 Å². The number of hydrogen-bond donors (Lipinski definition) is 3.